The Bertz CT molecular complexity index is 319. The number of hydrogen-bond acceptors (Lipinski definition) is 6. The minimum absolute atomic E-state index is 0.0590. The van der Waals surface area contributed by atoms with Crippen LogP contribution in [0.4, 0.5) is 5.69 Å². The third-order valence-electron chi connectivity index (χ3n) is 1.63. The fourth-order valence-electron chi connectivity index (χ4n) is 1.05. The van der Waals surface area contributed by atoms with Gasteiger partial charge in [0.1, 0.15) is 0 Å². The van der Waals surface area contributed by atoms with Crippen LogP contribution in [0.3, 0.4) is 0 Å². The van der Waals surface area contributed by atoms with E-state index in [-0.39, 0.29) is 11.4 Å². The summed E-state index contributed by atoms with van der Waals surface area (Å²) in [6.45, 7) is 4.26. The van der Waals surface area contributed by atoms with Gasteiger partial charge in [-0.15, -0.1) is 0 Å². The van der Waals surface area contributed by atoms with Gasteiger partial charge in [-0.1, -0.05) is 5.16 Å². The molecule has 0 aliphatic carbocycles. The van der Waals surface area contributed by atoms with Gasteiger partial charge in [0.2, 0.25) is 18.2 Å². The number of nitrogens with zero attached hydrogens (tertiary/aromatic N) is 2. The smallest absolute Gasteiger partial charge is 0.336 e. The second-order valence-corrected chi connectivity index (χ2v) is 2.58. The van der Waals surface area contributed by atoms with E-state index in [2.05, 4.69) is 9.68 Å². The van der Waals surface area contributed by atoms with Crippen LogP contribution in [-0.2, 0) is 9.47 Å². The van der Waals surface area contributed by atoms with E-state index in [1.54, 1.807) is 13.8 Å². The van der Waals surface area contributed by atoms with Gasteiger partial charge in [-0.3, -0.25) is 10.1 Å². The van der Waals surface area contributed by atoms with Crippen molar-refractivity contribution >= 4 is 5.69 Å². The van der Waals surface area contributed by atoms with E-state index in [1.807, 2.05) is 0 Å². The zero-order valence-corrected chi connectivity index (χ0v) is 8.50. The highest BCUT2D eigenvalue weighted by atomic mass is 16.7. The quantitative estimate of drug-likeness (QED) is 0.408. The molecule has 0 bridgehead atoms. The molecule has 0 aliphatic rings. The number of hydrogen-bond donors (Lipinski definition) is 0. The molecule has 0 amide bonds. The molecule has 0 radical (unpaired) electrons. The van der Waals surface area contributed by atoms with Crippen molar-refractivity contribution in [3.8, 4) is 0 Å². The topological polar surface area (TPSA) is 87.6 Å². The van der Waals surface area contributed by atoms with E-state index in [0.29, 0.717) is 13.2 Å². The lowest BCUT2D eigenvalue weighted by molar-refractivity contribution is -0.387. The Morgan fingerprint density at radius 1 is 1.53 bits per heavy atom. The van der Waals surface area contributed by atoms with Crippen LogP contribution in [0.15, 0.2) is 10.8 Å². The SMILES string of the molecule is CCOC(OCC)c1nocc1[N+](=O)[O-]. The molecular formula is C8H12N2O5. The number of aromatic nitrogens is 1. The first-order valence-corrected chi connectivity index (χ1v) is 4.52. The van der Waals surface area contributed by atoms with E-state index >= 15 is 0 Å². The van der Waals surface area contributed by atoms with E-state index in [1.165, 1.54) is 0 Å². The highest BCUT2D eigenvalue weighted by Gasteiger charge is 2.27. The lowest BCUT2D eigenvalue weighted by atomic mass is 10.3. The van der Waals surface area contributed by atoms with Gasteiger partial charge in [-0.05, 0) is 13.8 Å². The Kier molecular flexibility index (Phi) is 4.19. The average Bonchev–Trinajstić information content (AvgIpc) is 2.65. The molecule has 0 aromatic carbocycles. The molecule has 84 valence electrons. The van der Waals surface area contributed by atoms with Gasteiger partial charge >= 0.3 is 5.69 Å². The largest absolute Gasteiger partial charge is 0.357 e. The van der Waals surface area contributed by atoms with Gasteiger partial charge in [-0.2, -0.15) is 0 Å². The lowest BCUT2D eigenvalue weighted by Gasteiger charge is -2.12. The minimum Gasteiger partial charge on any atom is -0.357 e. The molecule has 0 saturated heterocycles. The molecule has 0 atom stereocenters. The van der Waals surface area contributed by atoms with Crippen LogP contribution in [-0.4, -0.2) is 23.3 Å². The summed E-state index contributed by atoms with van der Waals surface area (Å²) in [6, 6.07) is 0. The van der Waals surface area contributed by atoms with Gasteiger partial charge < -0.3 is 14.0 Å². The minimum atomic E-state index is -0.848. The Hall–Kier alpha value is -1.47. The second-order valence-electron chi connectivity index (χ2n) is 2.58. The molecule has 7 heteroatoms. The van der Waals surface area contributed by atoms with E-state index in [4.69, 9.17) is 9.47 Å². The Morgan fingerprint density at radius 2 is 2.13 bits per heavy atom. The standard InChI is InChI=1S/C8H12N2O5/c1-3-13-8(14-4-2)7-6(10(11)12)5-15-9-7/h5,8H,3-4H2,1-2H3. The first kappa shape index (κ1) is 11.6. The summed E-state index contributed by atoms with van der Waals surface area (Å²) in [5.74, 6) is 0. The monoisotopic (exact) mass is 216 g/mol. The highest BCUT2D eigenvalue weighted by Crippen LogP contribution is 2.26. The van der Waals surface area contributed by atoms with Crippen LogP contribution in [0.1, 0.15) is 25.8 Å². The maximum atomic E-state index is 10.6. The fraction of sp³-hybridized carbons (Fsp3) is 0.625. The Labute approximate surface area is 86.1 Å². The van der Waals surface area contributed by atoms with Crippen LogP contribution >= 0.6 is 0 Å². The summed E-state index contributed by atoms with van der Waals surface area (Å²) in [6.07, 6.45) is 0.111. The predicted octanol–water partition coefficient (Wildman–Crippen LogP) is 1.65. The molecule has 0 fully saturated rings. The van der Waals surface area contributed by atoms with Crippen molar-refractivity contribution in [2.24, 2.45) is 0 Å². The molecule has 0 aliphatic heterocycles. The Balaban J connectivity index is 2.89. The first-order valence-electron chi connectivity index (χ1n) is 4.52. The van der Waals surface area contributed by atoms with Gasteiger partial charge in [-0.25, -0.2) is 0 Å². The van der Waals surface area contributed by atoms with Crippen LogP contribution in [0.2, 0.25) is 0 Å². The molecule has 1 aromatic heterocycles. The van der Waals surface area contributed by atoms with Gasteiger partial charge in [0, 0.05) is 13.2 Å². The molecule has 1 rings (SSSR count). The maximum Gasteiger partial charge on any atom is 0.336 e. The first-order chi connectivity index (χ1) is 7.20. The maximum absolute atomic E-state index is 10.6. The van der Waals surface area contributed by atoms with E-state index < -0.39 is 11.2 Å². The number of rotatable bonds is 6. The third kappa shape index (κ3) is 2.74. The zero-order chi connectivity index (χ0) is 11.3. The van der Waals surface area contributed by atoms with Crippen molar-refractivity contribution in [2.45, 2.75) is 20.1 Å². The predicted molar refractivity (Wildman–Crippen MR) is 49.2 cm³/mol. The van der Waals surface area contributed by atoms with E-state index in [0.717, 1.165) is 6.26 Å². The normalized spacial score (nSPS) is 10.9. The van der Waals surface area contributed by atoms with Crippen molar-refractivity contribution < 1.29 is 18.9 Å². The zero-order valence-electron chi connectivity index (χ0n) is 8.50. The summed E-state index contributed by atoms with van der Waals surface area (Å²) in [7, 11) is 0. The molecule has 0 N–H and O–H groups in total. The van der Waals surface area contributed by atoms with Gasteiger partial charge in [0.15, 0.2) is 0 Å². The summed E-state index contributed by atoms with van der Waals surface area (Å²) < 4.78 is 14.9. The molecule has 0 saturated carbocycles. The van der Waals surface area contributed by atoms with Crippen LogP contribution in [0.5, 0.6) is 0 Å². The summed E-state index contributed by atoms with van der Waals surface area (Å²) >= 11 is 0. The van der Waals surface area contributed by atoms with Crippen molar-refractivity contribution in [1.29, 1.82) is 0 Å². The van der Waals surface area contributed by atoms with Crippen LogP contribution in [0.25, 0.3) is 0 Å². The second kappa shape index (κ2) is 5.42. The van der Waals surface area contributed by atoms with Crippen molar-refractivity contribution in [1.82, 2.24) is 5.16 Å². The third-order valence-corrected chi connectivity index (χ3v) is 1.63. The molecule has 15 heavy (non-hydrogen) atoms. The lowest BCUT2D eigenvalue weighted by Crippen LogP contribution is -2.10. The van der Waals surface area contributed by atoms with Crippen molar-refractivity contribution in [3.05, 3.63) is 22.1 Å². The molecule has 7 nitrogen and oxygen atoms in total. The fourth-order valence-corrected chi connectivity index (χ4v) is 1.05. The average molecular weight is 216 g/mol. The summed E-state index contributed by atoms with van der Waals surface area (Å²) in [4.78, 5) is 10.0. The summed E-state index contributed by atoms with van der Waals surface area (Å²) in [5.41, 5.74) is -0.175. The van der Waals surface area contributed by atoms with Gasteiger partial charge in [0.05, 0.1) is 4.92 Å². The van der Waals surface area contributed by atoms with Crippen molar-refractivity contribution in [3.63, 3.8) is 0 Å². The van der Waals surface area contributed by atoms with Crippen LogP contribution < -0.4 is 0 Å². The molecular weight excluding hydrogens is 204 g/mol. The highest BCUT2D eigenvalue weighted by molar-refractivity contribution is 5.31. The molecule has 0 spiro atoms. The number of nitro groups is 1. The molecule has 0 unspecified atom stereocenters. The number of ether oxygens (including phenoxy) is 2. The molecule has 1 heterocycles. The van der Waals surface area contributed by atoms with Gasteiger partial charge in [0.25, 0.3) is 0 Å². The summed E-state index contributed by atoms with van der Waals surface area (Å²) in [5, 5.41) is 14.1. The van der Waals surface area contributed by atoms with E-state index in [9.17, 15) is 10.1 Å². The molecule has 1 aromatic rings. The van der Waals surface area contributed by atoms with Crippen LogP contribution in [0, 0.1) is 10.1 Å². The van der Waals surface area contributed by atoms with Crippen molar-refractivity contribution in [2.75, 3.05) is 13.2 Å². The Morgan fingerprint density at radius 3 is 2.60 bits per heavy atom.